The summed E-state index contributed by atoms with van der Waals surface area (Å²) >= 11 is 0. The van der Waals surface area contributed by atoms with Gasteiger partial charge in [-0.3, -0.25) is 0 Å². The minimum Gasteiger partial charge on any atom is -0.387 e. The molecule has 0 amide bonds. The zero-order valence-electron chi connectivity index (χ0n) is 13.7. The van der Waals surface area contributed by atoms with E-state index in [1.165, 1.54) is 57.8 Å². The second-order valence-electron chi connectivity index (χ2n) is 6.76. The summed E-state index contributed by atoms with van der Waals surface area (Å²) in [5.41, 5.74) is -1.97. The number of hydrogen-bond acceptors (Lipinski definition) is 2. The maximum Gasteiger partial charge on any atom is 0.0900 e. The van der Waals surface area contributed by atoms with Crippen LogP contribution in [0.1, 0.15) is 98.3 Å². The molecule has 1 atom stereocenters. The molecule has 0 aromatic heterocycles. The smallest absolute Gasteiger partial charge is 0.0900 e. The molecule has 0 spiro atoms. The van der Waals surface area contributed by atoms with Crippen molar-refractivity contribution in [3.63, 3.8) is 0 Å². The molecule has 19 heavy (non-hydrogen) atoms. The average molecular weight is 272 g/mol. The Bertz CT molecular complexity index is 204. The van der Waals surface area contributed by atoms with E-state index in [0.29, 0.717) is 6.42 Å². The van der Waals surface area contributed by atoms with Gasteiger partial charge in [-0.05, 0) is 27.2 Å². The Kier molecular flexibility index (Phi) is 9.72. The molecule has 0 aliphatic heterocycles. The first-order valence-electron chi connectivity index (χ1n) is 8.26. The zero-order chi connectivity index (χ0) is 14.8. The van der Waals surface area contributed by atoms with Crippen LogP contribution in [0, 0.1) is 0 Å². The van der Waals surface area contributed by atoms with Crippen molar-refractivity contribution >= 4 is 0 Å². The van der Waals surface area contributed by atoms with Crippen LogP contribution in [0.15, 0.2) is 0 Å². The van der Waals surface area contributed by atoms with Crippen LogP contribution in [-0.2, 0) is 0 Å². The molecular weight excluding hydrogens is 236 g/mol. The molecule has 0 saturated carbocycles. The number of aliphatic hydroxyl groups is 2. The molecule has 0 aliphatic rings. The van der Waals surface area contributed by atoms with Gasteiger partial charge in [0.15, 0.2) is 0 Å². The van der Waals surface area contributed by atoms with Gasteiger partial charge >= 0.3 is 0 Å². The van der Waals surface area contributed by atoms with Crippen LogP contribution in [0.2, 0.25) is 0 Å². The van der Waals surface area contributed by atoms with Gasteiger partial charge in [0.05, 0.1) is 11.2 Å². The lowest BCUT2D eigenvalue weighted by Crippen LogP contribution is -2.47. The Balaban J connectivity index is 3.37. The van der Waals surface area contributed by atoms with Gasteiger partial charge in [0, 0.05) is 0 Å². The summed E-state index contributed by atoms with van der Waals surface area (Å²) in [6.07, 6.45) is 13.7. The quantitative estimate of drug-likeness (QED) is 0.500. The molecule has 1 unspecified atom stereocenters. The lowest BCUT2D eigenvalue weighted by Gasteiger charge is -2.35. The largest absolute Gasteiger partial charge is 0.387 e. The Morgan fingerprint density at radius 2 is 1.00 bits per heavy atom. The van der Waals surface area contributed by atoms with Crippen molar-refractivity contribution in [2.45, 2.75) is 110 Å². The van der Waals surface area contributed by atoms with Crippen molar-refractivity contribution in [1.29, 1.82) is 0 Å². The van der Waals surface area contributed by atoms with E-state index in [9.17, 15) is 10.2 Å². The second-order valence-corrected chi connectivity index (χ2v) is 6.76. The first kappa shape index (κ1) is 18.9. The summed E-state index contributed by atoms with van der Waals surface area (Å²) in [5.74, 6) is 0. The van der Waals surface area contributed by atoms with Gasteiger partial charge in [-0.2, -0.15) is 0 Å². The molecule has 2 N–H and O–H groups in total. The molecule has 0 bridgehead atoms. The van der Waals surface area contributed by atoms with Crippen molar-refractivity contribution in [2.24, 2.45) is 0 Å². The van der Waals surface area contributed by atoms with Crippen molar-refractivity contribution in [1.82, 2.24) is 0 Å². The summed E-state index contributed by atoms with van der Waals surface area (Å²) in [6.45, 7) is 7.36. The van der Waals surface area contributed by atoms with Gasteiger partial charge in [0.25, 0.3) is 0 Å². The maximum atomic E-state index is 10.1. The first-order chi connectivity index (χ1) is 8.81. The SMILES string of the molecule is CCCCCCCCCCCCC(C)(O)C(C)(C)O. The molecule has 0 aliphatic carbocycles. The maximum absolute atomic E-state index is 10.1. The fourth-order valence-corrected chi connectivity index (χ4v) is 2.26. The summed E-state index contributed by atoms with van der Waals surface area (Å²) in [5, 5.41) is 20.0. The summed E-state index contributed by atoms with van der Waals surface area (Å²) < 4.78 is 0. The topological polar surface area (TPSA) is 40.5 Å². The molecular formula is C17H36O2. The fourth-order valence-electron chi connectivity index (χ4n) is 2.26. The molecule has 0 fully saturated rings. The Morgan fingerprint density at radius 3 is 1.37 bits per heavy atom. The second kappa shape index (κ2) is 9.77. The molecule has 0 heterocycles. The minimum atomic E-state index is -1.01. The summed E-state index contributed by atoms with van der Waals surface area (Å²) in [4.78, 5) is 0. The van der Waals surface area contributed by atoms with Gasteiger partial charge in [-0.1, -0.05) is 71.1 Å². The standard InChI is InChI=1S/C17H36O2/c1-5-6-7-8-9-10-11-12-13-14-15-17(4,19)16(2,3)18/h18-19H,5-15H2,1-4H3. The third-order valence-corrected chi connectivity index (χ3v) is 4.34. The highest BCUT2D eigenvalue weighted by Gasteiger charge is 2.36. The normalized spacial score (nSPS) is 15.5. The molecule has 2 heteroatoms. The number of hydrogen-bond donors (Lipinski definition) is 2. The lowest BCUT2D eigenvalue weighted by atomic mass is 9.83. The van der Waals surface area contributed by atoms with E-state index >= 15 is 0 Å². The number of unbranched alkanes of at least 4 members (excludes halogenated alkanes) is 9. The minimum absolute atomic E-state index is 0.688. The monoisotopic (exact) mass is 272 g/mol. The van der Waals surface area contributed by atoms with Crippen molar-refractivity contribution < 1.29 is 10.2 Å². The van der Waals surface area contributed by atoms with E-state index in [2.05, 4.69) is 6.92 Å². The predicted octanol–water partition coefficient (Wildman–Crippen LogP) is 4.82. The average Bonchev–Trinajstić information content (AvgIpc) is 2.30. The molecule has 0 aromatic rings. The van der Waals surface area contributed by atoms with E-state index in [1.54, 1.807) is 20.8 Å². The Labute approximate surface area is 120 Å². The van der Waals surface area contributed by atoms with Crippen LogP contribution in [-0.4, -0.2) is 21.4 Å². The van der Waals surface area contributed by atoms with Crippen molar-refractivity contribution in [3.05, 3.63) is 0 Å². The fraction of sp³-hybridized carbons (Fsp3) is 1.00. The van der Waals surface area contributed by atoms with Crippen LogP contribution < -0.4 is 0 Å². The van der Waals surface area contributed by atoms with Crippen LogP contribution in [0.3, 0.4) is 0 Å². The zero-order valence-corrected chi connectivity index (χ0v) is 13.7. The van der Waals surface area contributed by atoms with Crippen LogP contribution in [0.25, 0.3) is 0 Å². The molecule has 116 valence electrons. The van der Waals surface area contributed by atoms with Gasteiger partial charge < -0.3 is 10.2 Å². The van der Waals surface area contributed by atoms with Gasteiger partial charge in [-0.15, -0.1) is 0 Å². The highest BCUT2D eigenvalue weighted by Crippen LogP contribution is 2.27. The highest BCUT2D eigenvalue weighted by atomic mass is 16.3. The van der Waals surface area contributed by atoms with E-state index in [4.69, 9.17) is 0 Å². The lowest BCUT2D eigenvalue weighted by molar-refractivity contribution is -0.124. The van der Waals surface area contributed by atoms with Crippen LogP contribution in [0.4, 0.5) is 0 Å². The molecule has 2 nitrogen and oxygen atoms in total. The predicted molar refractivity (Wildman–Crippen MR) is 83.4 cm³/mol. The van der Waals surface area contributed by atoms with Crippen molar-refractivity contribution in [2.75, 3.05) is 0 Å². The molecule has 0 radical (unpaired) electrons. The van der Waals surface area contributed by atoms with Gasteiger partial charge in [0.1, 0.15) is 0 Å². The van der Waals surface area contributed by atoms with E-state index < -0.39 is 11.2 Å². The Morgan fingerprint density at radius 1 is 0.632 bits per heavy atom. The third-order valence-electron chi connectivity index (χ3n) is 4.34. The number of rotatable bonds is 12. The Hall–Kier alpha value is -0.0800. The molecule has 0 rings (SSSR count). The van der Waals surface area contributed by atoms with Crippen LogP contribution in [0.5, 0.6) is 0 Å². The van der Waals surface area contributed by atoms with E-state index in [1.807, 2.05) is 0 Å². The molecule has 0 aromatic carbocycles. The van der Waals surface area contributed by atoms with Gasteiger partial charge in [0.2, 0.25) is 0 Å². The van der Waals surface area contributed by atoms with Crippen LogP contribution >= 0.6 is 0 Å². The van der Waals surface area contributed by atoms with Gasteiger partial charge in [-0.25, -0.2) is 0 Å². The first-order valence-corrected chi connectivity index (χ1v) is 8.26. The van der Waals surface area contributed by atoms with Crippen molar-refractivity contribution in [3.8, 4) is 0 Å². The molecule has 0 saturated heterocycles. The summed E-state index contributed by atoms with van der Waals surface area (Å²) in [6, 6.07) is 0. The van der Waals surface area contributed by atoms with E-state index in [-0.39, 0.29) is 0 Å². The highest BCUT2D eigenvalue weighted by molar-refractivity contribution is 4.89. The summed E-state index contributed by atoms with van der Waals surface area (Å²) in [7, 11) is 0. The third kappa shape index (κ3) is 9.45. The van der Waals surface area contributed by atoms with E-state index in [0.717, 1.165) is 6.42 Å².